The van der Waals surface area contributed by atoms with Crippen molar-refractivity contribution in [3.05, 3.63) is 107 Å². The van der Waals surface area contributed by atoms with Gasteiger partial charge in [0.15, 0.2) is 0 Å². The Hall–Kier alpha value is -3.93. The first-order chi connectivity index (χ1) is 17.0. The molecule has 5 rings (SSSR count). The number of nitrogens with zero attached hydrogens (tertiary/aromatic N) is 1. The van der Waals surface area contributed by atoms with Crippen LogP contribution < -0.4 is 10.6 Å². The van der Waals surface area contributed by atoms with Gasteiger partial charge in [0.2, 0.25) is 5.91 Å². The van der Waals surface area contributed by atoms with E-state index in [2.05, 4.69) is 16.7 Å². The molecule has 1 aliphatic heterocycles. The summed E-state index contributed by atoms with van der Waals surface area (Å²) in [6, 6.07) is 26.8. The van der Waals surface area contributed by atoms with E-state index >= 15 is 0 Å². The number of amides is 4. The standard InChI is InChI=1S/C29H29N3O3/c33-26(30-25-17-9-15-23-14-7-8-16-24(23)25)20-32-27(34)29(31-28(32)35,18-21-10-3-1-4-11-21)19-22-12-5-2-6-13-22/h1-8,10-14,16,25H,9,15,17-20H2,(H,30,33)(H,31,35)/t25-/m1/s1. The van der Waals surface area contributed by atoms with Crippen molar-refractivity contribution in [3.8, 4) is 0 Å². The van der Waals surface area contributed by atoms with Gasteiger partial charge in [-0.1, -0.05) is 84.9 Å². The van der Waals surface area contributed by atoms with Crippen molar-refractivity contribution in [2.24, 2.45) is 0 Å². The van der Waals surface area contributed by atoms with E-state index in [1.165, 1.54) is 5.56 Å². The van der Waals surface area contributed by atoms with Crippen molar-refractivity contribution in [3.63, 3.8) is 0 Å². The van der Waals surface area contributed by atoms with Crippen LogP contribution in [0.5, 0.6) is 0 Å². The van der Waals surface area contributed by atoms with Crippen LogP contribution in [-0.2, 0) is 28.9 Å². The van der Waals surface area contributed by atoms with Gasteiger partial charge in [0.05, 0.1) is 6.04 Å². The molecule has 1 aliphatic carbocycles. The molecule has 0 spiro atoms. The maximum absolute atomic E-state index is 13.7. The molecular weight excluding hydrogens is 438 g/mol. The van der Waals surface area contributed by atoms with Crippen LogP contribution in [0.4, 0.5) is 4.79 Å². The Bertz CT molecular complexity index is 1180. The number of nitrogens with one attached hydrogen (secondary N) is 2. The Balaban J connectivity index is 1.35. The maximum atomic E-state index is 13.7. The van der Waals surface area contributed by atoms with Gasteiger partial charge in [-0.25, -0.2) is 4.79 Å². The molecule has 2 aliphatic rings. The number of hydrogen-bond acceptors (Lipinski definition) is 3. The quantitative estimate of drug-likeness (QED) is 0.517. The van der Waals surface area contributed by atoms with Crippen molar-refractivity contribution in [1.29, 1.82) is 0 Å². The highest BCUT2D eigenvalue weighted by molar-refractivity contribution is 6.09. The zero-order valence-corrected chi connectivity index (χ0v) is 19.6. The van der Waals surface area contributed by atoms with E-state index in [0.29, 0.717) is 12.8 Å². The average Bonchev–Trinajstić information content (AvgIpc) is 3.09. The van der Waals surface area contributed by atoms with Crippen LogP contribution in [0.15, 0.2) is 84.9 Å². The van der Waals surface area contributed by atoms with Gasteiger partial charge in [0.1, 0.15) is 12.1 Å². The van der Waals surface area contributed by atoms with Crippen LogP contribution in [0.3, 0.4) is 0 Å². The van der Waals surface area contributed by atoms with E-state index in [1.807, 2.05) is 78.9 Å². The van der Waals surface area contributed by atoms with Gasteiger partial charge in [0.25, 0.3) is 5.91 Å². The third-order valence-electron chi connectivity index (χ3n) is 6.95. The maximum Gasteiger partial charge on any atom is 0.325 e. The number of benzene rings is 3. The molecule has 3 aromatic carbocycles. The summed E-state index contributed by atoms with van der Waals surface area (Å²) < 4.78 is 0. The summed E-state index contributed by atoms with van der Waals surface area (Å²) in [5, 5.41) is 6.00. The van der Waals surface area contributed by atoms with Crippen LogP contribution in [0.2, 0.25) is 0 Å². The summed E-state index contributed by atoms with van der Waals surface area (Å²) in [7, 11) is 0. The van der Waals surface area contributed by atoms with Crippen molar-refractivity contribution in [2.75, 3.05) is 6.54 Å². The molecule has 1 atom stereocenters. The fraction of sp³-hybridized carbons (Fsp3) is 0.276. The summed E-state index contributed by atoms with van der Waals surface area (Å²) in [4.78, 5) is 40.8. The van der Waals surface area contributed by atoms with Crippen molar-refractivity contribution >= 4 is 17.8 Å². The zero-order valence-electron chi connectivity index (χ0n) is 19.6. The number of fused-ring (bicyclic) bond motifs is 1. The second-order valence-corrected chi connectivity index (χ2v) is 9.44. The highest BCUT2D eigenvalue weighted by Crippen LogP contribution is 2.30. The van der Waals surface area contributed by atoms with Gasteiger partial charge in [-0.2, -0.15) is 0 Å². The van der Waals surface area contributed by atoms with Crippen molar-refractivity contribution in [2.45, 2.75) is 43.7 Å². The molecule has 6 nitrogen and oxygen atoms in total. The second-order valence-electron chi connectivity index (χ2n) is 9.44. The first kappa shape index (κ1) is 22.8. The summed E-state index contributed by atoms with van der Waals surface area (Å²) in [5.74, 6) is -0.695. The third-order valence-corrected chi connectivity index (χ3v) is 6.95. The Morgan fingerprint density at radius 3 is 2.14 bits per heavy atom. The highest BCUT2D eigenvalue weighted by Gasteiger charge is 2.51. The first-order valence-corrected chi connectivity index (χ1v) is 12.1. The van der Waals surface area contributed by atoms with Crippen molar-refractivity contribution < 1.29 is 14.4 Å². The molecule has 0 unspecified atom stereocenters. The van der Waals surface area contributed by atoms with Crippen LogP contribution in [0, 0.1) is 0 Å². The van der Waals surface area contributed by atoms with Crippen LogP contribution >= 0.6 is 0 Å². The normalized spacial score (nSPS) is 18.6. The van der Waals surface area contributed by atoms with Gasteiger partial charge >= 0.3 is 6.03 Å². The minimum Gasteiger partial charge on any atom is -0.348 e. The van der Waals surface area contributed by atoms with Gasteiger partial charge in [0, 0.05) is 12.8 Å². The highest BCUT2D eigenvalue weighted by atomic mass is 16.2. The van der Waals surface area contributed by atoms with Gasteiger partial charge in [-0.15, -0.1) is 0 Å². The minimum atomic E-state index is -1.14. The number of rotatable bonds is 7. The topological polar surface area (TPSA) is 78.5 Å². The van der Waals surface area contributed by atoms with E-state index < -0.39 is 11.6 Å². The zero-order chi connectivity index (χ0) is 24.3. The van der Waals surface area contributed by atoms with Crippen LogP contribution in [0.1, 0.15) is 41.1 Å². The number of aryl methyl sites for hydroxylation is 1. The Labute approximate surface area is 205 Å². The molecule has 1 fully saturated rings. The molecule has 35 heavy (non-hydrogen) atoms. The number of carbonyl (C=O) groups excluding carboxylic acids is 3. The third kappa shape index (κ3) is 4.83. The second kappa shape index (κ2) is 9.74. The number of carbonyl (C=O) groups is 3. The van der Waals surface area contributed by atoms with E-state index in [-0.39, 0.29) is 24.4 Å². The lowest BCUT2D eigenvalue weighted by atomic mass is 9.84. The number of urea groups is 1. The number of hydrogen-bond donors (Lipinski definition) is 2. The molecule has 2 N–H and O–H groups in total. The molecule has 3 aromatic rings. The SMILES string of the molecule is O=C(CN1C(=O)NC(Cc2ccccc2)(Cc2ccccc2)C1=O)N[C@@H]1CCCc2ccccc21. The fourth-order valence-corrected chi connectivity index (χ4v) is 5.30. The molecule has 178 valence electrons. The van der Waals surface area contributed by atoms with E-state index in [0.717, 1.165) is 40.9 Å². The molecule has 0 saturated carbocycles. The predicted octanol–water partition coefficient (Wildman–Crippen LogP) is 3.96. The smallest absolute Gasteiger partial charge is 0.325 e. The molecule has 1 heterocycles. The lowest BCUT2D eigenvalue weighted by Crippen LogP contribution is -2.51. The predicted molar refractivity (Wildman–Crippen MR) is 134 cm³/mol. The molecular formula is C29H29N3O3. The average molecular weight is 468 g/mol. The van der Waals surface area contributed by atoms with Gasteiger partial charge in [-0.3, -0.25) is 14.5 Å². The summed E-state index contributed by atoms with van der Waals surface area (Å²) in [6.07, 6.45) is 3.52. The molecule has 0 aromatic heterocycles. The largest absolute Gasteiger partial charge is 0.348 e. The molecule has 4 amide bonds. The number of imide groups is 1. The molecule has 0 radical (unpaired) electrons. The van der Waals surface area contributed by atoms with Crippen LogP contribution in [-0.4, -0.2) is 34.8 Å². The molecule has 6 heteroatoms. The van der Waals surface area contributed by atoms with Crippen molar-refractivity contribution in [1.82, 2.24) is 15.5 Å². The first-order valence-electron chi connectivity index (χ1n) is 12.1. The van der Waals surface area contributed by atoms with Crippen LogP contribution in [0.25, 0.3) is 0 Å². The van der Waals surface area contributed by atoms with E-state index in [9.17, 15) is 14.4 Å². The Morgan fingerprint density at radius 2 is 1.49 bits per heavy atom. The summed E-state index contributed by atoms with van der Waals surface area (Å²) in [5.41, 5.74) is 3.11. The summed E-state index contributed by atoms with van der Waals surface area (Å²) in [6.45, 7) is -0.297. The Morgan fingerprint density at radius 1 is 0.886 bits per heavy atom. The summed E-state index contributed by atoms with van der Waals surface area (Å²) >= 11 is 0. The monoisotopic (exact) mass is 467 g/mol. The van der Waals surface area contributed by atoms with Gasteiger partial charge < -0.3 is 10.6 Å². The lowest BCUT2D eigenvalue weighted by molar-refractivity contribution is -0.135. The van der Waals surface area contributed by atoms with E-state index in [1.54, 1.807) is 0 Å². The molecule has 1 saturated heterocycles. The van der Waals surface area contributed by atoms with Gasteiger partial charge in [-0.05, 0) is 41.5 Å². The fourth-order valence-electron chi connectivity index (χ4n) is 5.30. The minimum absolute atomic E-state index is 0.105. The lowest BCUT2D eigenvalue weighted by Gasteiger charge is -2.28. The molecule has 0 bridgehead atoms. The Kier molecular flexibility index (Phi) is 6.36. The van der Waals surface area contributed by atoms with E-state index in [4.69, 9.17) is 0 Å².